The van der Waals surface area contributed by atoms with E-state index in [2.05, 4.69) is 10.3 Å². The highest BCUT2D eigenvalue weighted by molar-refractivity contribution is 5.91. The quantitative estimate of drug-likeness (QED) is 0.633. The van der Waals surface area contributed by atoms with Crippen molar-refractivity contribution < 1.29 is 41.0 Å². The number of nitrogens with one attached hydrogen (secondary N) is 1. The number of alkyl halides is 6. The number of benzene rings is 1. The van der Waals surface area contributed by atoms with E-state index in [4.69, 9.17) is 5.11 Å². The van der Waals surface area contributed by atoms with E-state index in [1.807, 2.05) is 0 Å². The number of aromatic nitrogens is 1. The topological polar surface area (TPSA) is 110 Å². The molecule has 1 aliphatic heterocycles. The zero-order valence-corrected chi connectivity index (χ0v) is 17.0. The van der Waals surface area contributed by atoms with Gasteiger partial charge in [-0.3, -0.25) is 0 Å². The molecule has 1 saturated heterocycles. The Morgan fingerprint density at radius 3 is 2.21 bits per heavy atom. The summed E-state index contributed by atoms with van der Waals surface area (Å²) in [7, 11) is 0. The molecule has 2 aromatic rings. The molecule has 2 amide bonds. The normalized spacial score (nSPS) is 14.5. The average molecular weight is 487 g/mol. The van der Waals surface area contributed by atoms with Crippen molar-refractivity contribution >= 4 is 23.5 Å². The minimum atomic E-state index is -5.08. The van der Waals surface area contributed by atoms with Crippen molar-refractivity contribution in [2.75, 3.05) is 36.4 Å². The number of urea groups is 1. The van der Waals surface area contributed by atoms with Gasteiger partial charge in [-0.1, -0.05) is 6.07 Å². The number of carbonyl (C=O) groups excluding carboxylic acids is 1. The molecule has 1 fully saturated rings. The highest BCUT2D eigenvalue weighted by atomic mass is 19.4. The third-order valence-electron chi connectivity index (χ3n) is 4.93. The number of aromatic carboxylic acids is 1. The Morgan fingerprint density at radius 2 is 1.68 bits per heavy atom. The van der Waals surface area contributed by atoms with E-state index in [1.54, 1.807) is 6.07 Å². The summed E-state index contributed by atoms with van der Waals surface area (Å²) in [6.07, 6.45) is -9.67. The molecule has 180 valence electrons. The maximum atomic E-state index is 13.3. The molecule has 1 aromatic heterocycles. The summed E-state index contributed by atoms with van der Waals surface area (Å²) >= 11 is 0. The summed E-state index contributed by atoms with van der Waals surface area (Å²) in [6.45, 7) is -0.193. The number of hydrogen-bond acceptors (Lipinski definition) is 5. The van der Waals surface area contributed by atoms with Gasteiger partial charge in [0, 0.05) is 31.9 Å². The van der Waals surface area contributed by atoms with E-state index < -0.39 is 41.2 Å². The summed E-state index contributed by atoms with van der Waals surface area (Å²) in [4.78, 5) is 29.6. The fourth-order valence-corrected chi connectivity index (χ4v) is 3.30. The molecular weight excluding hydrogens is 472 g/mol. The molecule has 14 heteroatoms. The molecule has 0 radical (unpaired) electrons. The van der Waals surface area contributed by atoms with Crippen LogP contribution >= 0.6 is 0 Å². The molecule has 0 bridgehead atoms. The molecule has 0 aliphatic carbocycles. The lowest BCUT2D eigenvalue weighted by Gasteiger charge is -2.36. The molecule has 2 heterocycles. The van der Waals surface area contributed by atoms with Crippen LogP contribution in [-0.2, 0) is 12.4 Å². The fraction of sp³-hybridized carbons (Fsp3) is 0.300. The second-order valence-electron chi connectivity index (χ2n) is 7.15. The number of nitriles is 1. The second kappa shape index (κ2) is 9.08. The molecule has 34 heavy (non-hydrogen) atoms. The van der Waals surface area contributed by atoms with Crippen molar-refractivity contribution in [1.29, 1.82) is 5.26 Å². The Morgan fingerprint density at radius 1 is 1.03 bits per heavy atom. The molecule has 0 unspecified atom stereocenters. The van der Waals surface area contributed by atoms with Crippen LogP contribution in [0.3, 0.4) is 0 Å². The minimum Gasteiger partial charge on any atom is -0.478 e. The first-order chi connectivity index (χ1) is 15.8. The number of carboxylic acids is 1. The fourth-order valence-electron chi connectivity index (χ4n) is 3.30. The molecular formula is C20H15F6N5O3. The summed E-state index contributed by atoms with van der Waals surface area (Å²) in [5, 5.41) is 20.7. The lowest BCUT2D eigenvalue weighted by molar-refractivity contribution is -0.141. The van der Waals surface area contributed by atoms with Gasteiger partial charge in [0.05, 0.1) is 16.7 Å². The van der Waals surface area contributed by atoms with Gasteiger partial charge in [0.1, 0.15) is 11.9 Å². The lowest BCUT2D eigenvalue weighted by Crippen LogP contribution is -2.50. The Bertz CT molecular complexity index is 1150. The molecule has 3 rings (SSSR count). The van der Waals surface area contributed by atoms with Gasteiger partial charge in [0.15, 0.2) is 5.69 Å². The highest BCUT2D eigenvalue weighted by Crippen LogP contribution is 2.34. The van der Waals surface area contributed by atoms with Crippen LogP contribution in [0, 0.1) is 11.3 Å². The molecule has 8 nitrogen and oxygen atoms in total. The number of halogens is 6. The minimum absolute atomic E-state index is 0.0423. The van der Waals surface area contributed by atoms with E-state index in [1.165, 1.54) is 15.9 Å². The van der Waals surface area contributed by atoms with Crippen LogP contribution in [-0.4, -0.2) is 53.2 Å². The summed E-state index contributed by atoms with van der Waals surface area (Å²) in [6, 6.07) is 5.52. The van der Waals surface area contributed by atoms with E-state index in [0.29, 0.717) is 6.07 Å². The zero-order chi connectivity index (χ0) is 25.3. The predicted molar refractivity (Wildman–Crippen MR) is 105 cm³/mol. The largest absolute Gasteiger partial charge is 0.478 e. The van der Waals surface area contributed by atoms with Crippen molar-refractivity contribution in [2.24, 2.45) is 0 Å². The van der Waals surface area contributed by atoms with Crippen molar-refractivity contribution in [3.63, 3.8) is 0 Å². The van der Waals surface area contributed by atoms with E-state index in [-0.39, 0.29) is 43.2 Å². The zero-order valence-electron chi connectivity index (χ0n) is 17.0. The van der Waals surface area contributed by atoms with Crippen molar-refractivity contribution in [3.8, 4) is 6.07 Å². The Balaban J connectivity index is 1.75. The van der Waals surface area contributed by atoms with Gasteiger partial charge in [-0.15, -0.1) is 0 Å². The first-order valence-electron chi connectivity index (χ1n) is 9.55. The number of rotatable bonds is 3. The van der Waals surface area contributed by atoms with E-state index in [9.17, 15) is 41.2 Å². The molecule has 1 aromatic carbocycles. The van der Waals surface area contributed by atoms with E-state index >= 15 is 0 Å². The molecule has 0 atom stereocenters. The first kappa shape index (κ1) is 24.6. The van der Waals surface area contributed by atoms with Gasteiger partial charge in [-0.25, -0.2) is 14.6 Å². The third kappa shape index (κ3) is 5.30. The standard InChI is InChI=1S/C20H15F6N5O3/c21-19(22,23)12-2-1-3-13(9-12)28-18(34)31-6-4-30(5-7-31)16-11(10-27)8-14(17(32)33)15(29-16)20(24,25)26/h1-3,8-9H,4-7H2,(H,28,34)(H,32,33). The van der Waals surface area contributed by atoms with Gasteiger partial charge in [0.25, 0.3) is 0 Å². The summed E-state index contributed by atoms with van der Waals surface area (Å²) < 4.78 is 78.4. The smallest absolute Gasteiger partial charge is 0.434 e. The SMILES string of the molecule is N#Cc1cc(C(=O)O)c(C(F)(F)F)nc1N1CCN(C(=O)Nc2cccc(C(F)(F)F)c2)CC1. The Kier molecular flexibility index (Phi) is 6.58. The lowest BCUT2D eigenvalue weighted by atomic mass is 10.1. The monoisotopic (exact) mass is 487 g/mol. The van der Waals surface area contributed by atoms with Gasteiger partial charge in [-0.05, 0) is 24.3 Å². The number of amides is 2. The van der Waals surface area contributed by atoms with Crippen LogP contribution in [0.25, 0.3) is 0 Å². The average Bonchev–Trinajstić information content (AvgIpc) is 2.77. The van der Waals surface area contributed by atoms with Crippen LogP contribution in [0.15, 0.2) is 30.3 Å². The van der Waals surface area contributed by atoms with Crippen LogP contribution in [0.4, 0.5) is 42.6 Å². The van der Waals surface area contributed by atoms with Crippen molar-refractivity contribution in [1.82, 2.24) is 9.88 Å². The van der Waals surface area contributed by atoms with E-state index in [0.717, 1.165) is 18.2 Å². The summed E-state index contributed by atoms with van der Waals surface area (Å²) in [5.74, 6) is -2.27. The third-order valence-corrected chi connectivity index (χ3v) is 4.93. The number of pyridine rings is 1. The number of anilines is 2. The first-order valence-corrected chi connectivity index (χ1v) is 9.55. The number of hydrogen-bond donors (Lipinski definition) is 2. The van der Waals surface area contributed by atoms with Gasteiger partial charge >= 0.3 is 24.4 Å². The van der Waals surface area contributed by atoms with Crippen molar-refractivity contribution in [2.45, 2.75) is 12.4 Å². The van der Waals surface area contributed by atoms with Gasteiger partial charge < -0.3 is 20.2 Å². The number of carboxylic acid groups (broad SMARTS) is 1. The van der Waals surface area contributed by atoms with Crippen LogP contribution in [0.1, 0.15) is 27.2 Å². The van der Waals surface area contributed by atoms with Crippen LogP contribution in [0.5, 0.6) is 0 Å². The highest BCUT2D eigenvalue weighted by Gasteiger charge is 2.39. The predicted octanol–water partition coefficient (Wildman–Crippen LogP) is 4.04. The Hall–Kier alpha value is -4.02. The Labute approximate surface area is 188 Å². The molecule has 2 N–H and O–H groups in total. The summed E-state index contributed by atoms with van der Waals surface area (Å²) in [5.41, 5.74) is -4.23. The molecule has 0 saturated carbocycles. The van der Waals surface area contributed by atoms with Crippen LogP contribution < -0.4 is 10.2 Å². The number of nitrogens with zero attached hydrogens (tertiary/aromatic N) is 4. The van der Waals surface area contributed by atoms with Gasteiger partial charge in [0.2, 0.25) is 0 Å². The van der Waals surface area contributed by atoms with Crippen molar-refractivity contribution in [3.05, 3.63) is 52.7 Å². The molecule has 0 spiro atoms. The maximum absolute atomic E-state index is 13.3. The van der Waals surface area contributed by atoms with Crippen LogP contribution in [0.2, 0.25) is 0 Å². The number of carbonyl (C=O) groups is 2. The number of piperazine rings is 1. The second-order valence-corrected chi connectivity index (χ2v) is 7.15. The molecule has 1 aliphatic rings. The van der Waals surface area contributed by atoms with Gasteiger partial charge in [-0.2, -0.15) is 31.6 Å². The maximum Gasteiger partial charge on any atom is 0.434 e.